The minimum absolute atomic E-state index is 0.0162. The van der Waals surface area contributed by atoms with Crippen LogP contribution in [0.3, 0.4) is 0 Å². The molecule has 4 rings (SSSR count). The van der Waals surface area contributed by atoms with E-state index in [-0.39, 0.29) is 11.8 Å². The molecule has 0 N–H and O–H groups in total. The zero-order valence-corrected chi connectivity index (χ0v) is 16.2. The van der Waals surface area contributed by atoms with Crippen molar-refractivity contribution in [2.75, 3.05) is 13.1 Å². The Morgan fingerprint density at radius 1 is 1.07 bits per heavy atom. The Labute approximate surface area is 166 Å². The van der Waals surface area contributed by atoms with Crippen LogP contribution in [-0.4, -0.2) is 33.9 Å². The van der Waals surface area contributed by atoms with Gasteiger partial charge in [0.15, 0.2) is 0 Å². The number of carbonyl (C=O) groups excluding carboxylic acids is 1. The van der Waals surface area contributed by atoms with Gasteiger partial charge in [-0.2, -0.15) is 0 Å². The van der Waals surface area contributed by atoms with E-state index in [1.807, 2.05) is 23.1 Å². The molecular formula is C24H25N3O. The van der Waals surface area contributed by atoms with Crippen molar-refractivity contribution in [2.24, 2.45) is 0 Å². The summed E-state index contributed by atoms with van der Waals surface area (Å²) in [5.41, 5.74) is 5.24. The molecule has 0 bridgehead atoms. The van der Waals surface area contributed by atoms with Crippen LogP contribution < -0.4 is 0 Å². The number of aromatic nitrogens is 2. The van der Waals surface area contributed by atoms with Gasteiger partial charge in [-0.15, -0.1) is 0 Å². The second kappa shape index (κ2) is 8.34. The molecule has 1 aliphatic rings. The minimum atomic E-state index is 0.0162. The zero-order valence-electron chi connectivity index (χ0n) is 16.2. The van der Waals surface area contributed by atoms with Crippen molar-refractivity contribution in [1.82, 2.24) is 14.9 Å². The molecule has 4 nitrogen and oxygen atoms in total. The van der Waals surface area contributed by atoms with Crippen LogP contribution in [-0.2, 0) is 6.42 Å². The van der Waals surface area contributed by atoms with Crippen molar-refractivity contribution in [3.63, 3.8) is 0 Å². The van der Waals surface area contributed by atoms with E-state index in [0.717, 1.165) is 37.2 Å². The van der Waals surface area contributed by atoms with Gasteiger partial charge in [-0.3, -0.25) is 14.8 Å². The zero-order chi connectivity index (χ0) is 19.3. The summed E-state index contributed by atoms with van der Waals surface area (Å²) in [6.45, 7) is 3.54. The molecule has 0 unspecified atom stereocenters. The molecule has 2 aromatic heterocycles. The van der Waals surface area contributed by atoms with Crippen LogP contribution in [0, 0.1) is 6.92 Å². The van der Waals surface area contributed by atoms with Gasteiger partial charge in [0.05, 0.1) is 0 Å². The van der Waals surface area contributed by atoms with Crippen molar-refractivity contribution in [3.05, 3.63) is 95.1 Å². The number of hydrogen-bond donors (Lipinski definition) is 0. The normalized spacial score (nSPS) is 16.8. The highest BCUT2D eigenvalue weighted by Crippen LogP contribution is 2.28. The Morgan fingerprint density at radius 2 is 1.89 bits per heavy atom. The number of aryl methyl sites for hydroxylation is 1. The highest BCUT2D eigenvalue weighted by atomic mass is 16.2. The molecular weight excluding hydrogens is 346 g/mol. The molecule has 0 radical (unpaired) electrons. The predicted octanol–water partition coefficient (Wildman–Crippen LogP) is 4.40. The summed E-state index contributed by atoms with van der Waals surface area (Å²) in [5, 5.41) is 0. The van der Waals surface area contributed by atoms with Gasteiger partial charge in [0.2, 0.25) is 0 Å². The number of benzene rings is 1. The maximum absolute atomic E-state index is 12.8. The Bertz CT molecular complexity index is 941. The number of amides is 1. The first kappa shape index (κ1) is 18.4. The molecule has 3 heterocycles. The lowest BCUT2D eigenvalue weighted by atomic mass is 9.92. The van der Waals surface area contributed by atoms with E-state index in [0.29, 0.717) is 12.2 Å². The van der Waals surface area contributed by atoms with E-state index in [2.05, 4.69) is 48.3 Å². The molecule has 1 saturated heterocycles. The van der Waals surface area contributed by atoms with Crippen molar-refractivity contribution in [2.45, 2.75) is 32.1 Å². The Morgan fingerprint density at radius 3 is 2.68 bits per heavy atom. The van der Waals surface area contributed by atoms with Crippen LogP contribution in [0.25, 0.3) is 0 Å². The Balaban J connectivity index is 1.52. The molecule has 0 aliphatic carbocycles. The number of carbonyl (C=O) groups is 1. The lowest BCUT2D eigenvalue weighted by Gasteiger charge is -2.32. The monoisotopic (exact) mass is 371 g/mol. The quantitative estimate of drug-likeness (QED) is 0.683. The van der Waals surface area contributed by atoms with Crippen LogP contribution in [0.2, 0.25) is 0 Å². The number of nitrogens with zero attached hydrogens (tertiary/aromatic N) is 3. The van der Waals surface area contributed by atoms with E-state index >= 15 is 0 Å². The molecule has 1 atom stereocenters. The van der Waals surface area contributed by atoms with Crippen molar-refractivity contribution >= 4 is 5.91 Å². The fourth-order valence-corrected chi connectivity index (χ4v) is 3.97. The molecule has 3 aromatic rings. The standard InChI is InChI=1S/C24H25N3O/c1-18-14-20(15-19-8-3-2-4-9-19)16-23(26-18)21-10-7-13-27(17-21)24(28)22-11-5-6-12-25-22/h2-6,8-9,11-12,14,16,21H,7,10,13,15,17H2,1H3/t21-/m1/s1. The van der Waals surface area contributed by atoms with E-state index in [1.165, 1.54) is 11.1 Å². The van der Waals surface area contributed by atoms with Crippen molar-refractivity contribution in [3.8, 4) is 0 Å². The summed E-state index contributed by atoms with van der Waals surface area (Å²) in [4.78, 5) is 23.8. The lowest BCUT2D eigenvalue weighted by Crippen LogP contribution is -2.39. The number of piperidine rings is 1. The molecule has 142 valence electrons. The van der Waals surface area contributed by atoms with Crippen molar-refractivity contribution in [1.29, 1.82) is 0 Å². The van der Waals surface area contributed by atoms with Gasteiger partial charge in [0.1, 0.15) is 5.69 Å². The summed E-state index contributed by atoms with van der Waals surface area (Å²) in [5.74, 6) is 0.290. The highest BCUT2D eigenvalue weighted by Gasteiger charge is 2.27. The maximum Gasteiger partial charge on any atom is 0.272 e. The first-order valence-electron chi connectivity index (χ1n) is 9.91. The maximum atomic E-state index is 12.8. The summed E-state index contributed by atoms with van der Waals surface area (Å²) < 4.78 is 0. The van der Waals surface area contributed by atoms with Gasteiger partial charge in [0.25, 0.3) is 5.91 Å². The average Bonchev–Trinajstić information content (AvgIpc) is 2.74. The summed E-state index contributed by atoms with van der Waals surface area (Å²) in [7, 11) is 0. The Hall–Kier alpha value is -3.01. The van der Waals surface area contributed by atoms with Crippen LogP contribution in [0.5, 0.6) is 0 Å². The number of pyridine rings is 2. The third-order valence-corrected chi connectivity index (χ3v) is 5.29. The van der Waals surface area contributed by atoms with Gasteiger partial charge in [-0.25, -0.2) is 0 Å². The average molecular weight is 371 g/mol. The van der Waals surface area contributed by atoms with Crippen LogP contribution in [0.4, 0.5) is 0 Å². The molecule has 1 aliphatic heterocycles. The first-order valence-corrected chi connectivity index (χ1v) is 9.91. The second-order valence-corrected chi connectivity index (χ2v) is 7.51. The largest absolute Gasteiger partial charge is 0.337 e. The van der Waals surface area contributed by atoms with Gasteiger partial charge in [-0.05, 0) is 61.6 Å². The van der Waals surface area contributed by atoms with E-state index < -0.39 is 0 Å². The van der Waals surface area contributed by atoms with Crippen molar-refractivity contribution < 1.29 is 4.79 Å². The smallest absolute Gasteiger partial charge is 0.272 e. The number of rotatable bonds is 4. The second-order valence-electron chi connectivity index (χ2n) is 7.51. The lowest BCUT2D eigenvalue weighted by molar-refractivity contribution is 0.0700. The third kappa shape index (κ3) is 4.28. The summed E-state index contributed by atoms with van der Waals surface area (Å²) in [6, 6.07) is 20.4. The van der Waals surface area contributed by atoms with Gasteiger partial charge >= 0.3 is 0 Å². The summed E-state index contributed by atoms with van der Waals surface area (Å²) in [6.07, 6.45) is 4.63. The molecule has 4 heteroatoms. The molecule has 0 saturated carbocycles. The molecule has 28 heavy (non-hydrogen) atoms. The molecule has 0 spiro atoms. The highest BCUT2D eigenvalue weighted by molar-refractivity contribution is 5.92. The third-order valence-electron chi connectivity index (χ3n) is 5.29. The molecule has 1 aromatic carbocycles. The predicted molar refractivity (Wildman–Crippen MR) is 110 cm³/mol. The van der Waals surface area contributed by atoms with Gasteiger partial charge in [0, 0.05) is 36.6 Å². The topological polar surface area (TPSA) is 46.1 Å². The molecule has 1 fully saturated rings. The SMILES string of the molecule is Cc1cc(Cc2ccccc2)cc([C@@H]2CCCN(C(=O)c3ccccn3)C2)n1. The van der Waals surface area contributed by atoms with E-state index in [9.17, 15) is 4.79 Å². The van der Waals surface area contributed by atoms with E-state index in [4.69, 9.17) is 4.98 Å². The summed E-state index contributed by atoms with van der Waals surface area (Å²) >= 11 is 0. The van der Waals surface area contributed by atoms with E-state index in [1.54, 1.807) is 12.3 Å². The van der Waals surface area contributed by atoms with Crippen LogP contribution >= 0.6 is 0 Å². The van der Waals surface area contributed by atoms with Gasteiger partial charge in [-0.1, -0.05) is 36.4 Å². The number of likely N-dealkylation sites (tertiary alicyclic amines) is 1. The number of hydrogen-bond acceptors (Lipinski definition) is 3. The Kier molecular flexibility index (Phi) is 5.47. The first-order chi connectivity index (χ1) is 13.7. The minimum Gasteiger partial charge on any atom is -0.337 e. The fourth-order valence-electron chi connectivity index (χ4n) is 3.97. The fraction of sp³-hybridized carbons (Fsp3) is 0.292. The van der Waals surface area contributed by atoms with Crippen LogP contribution in [0.15, 0.2) is 66.9 Å². The van der Waals surface area contributed by atoms with Gasteiger partial charge < -0.3 is 4.90 Å². The van der Waals surface area contributed by atoms with Crippen LogP contribution in [0.1, 0.15) is 51.8 Å². The molecule has 1 amide bonds.